The third-order valence-electron chi connectivity index (χ3n) is 5.78. The van der Waals surface area contributed by atoms with Crippen LogP contribution in [-0.2, 0) is 11.2 Å². The maximum atomic E-state index is 13.2. The standard InChI is InChI=1S/C22H26N2O/c25-22(23-21-16-24-13-11-19(21)12-14-24)20(18-9-5-2-6-10-18)15-17-7-3-1-4-8-17/h1-10,19-21H,11-16H2,(H,23,25)/t20?,21-/m0/s1. The Morgan fingerprint density at radius 1 is 1.00 bits per heavy atom. The van der Waals surface area contributed by atoms with Crippen molar-refractivity contribution in [2.45, 2.75) is 31.2 Å². The lowest BCUT2D eigenvalue weighted by atomic mass is 9.83. The smallest absolute Gasteiger partial charge is 0.228 e. The second-order valence-electron chi connectivity index (χ2n) is 7.41. The van der Waals surface area contributed by atoms with Gasteiger partial charge in [-0.05, 0) is 49.4 Å². The van der Waals surface area contributed by atoms with Crippen LogP contribution in [0.4, 0.5) is 0 Å². The number of carbonyl (C=O) groups excluding carboxylic acids is 1. The Hall–Kier alpha value is -2.13. The number of carbonyl (C=O) groups is 1. The Morgan fingerprint density at radius 2 is 1.64 bits per heavy atom. The van der Waals surface area contributed by atoms with Gasteiger partial charge in [0.05, 0.1) is 5.92 Å². The van der Waals surface area contributed by atoms with E-state index in [9.17, 15) is 4.79 Å². The van der Waals surface area contributed by atoms with Gasteiger partial charge in [-0.2, -0.15) is 0 Å². The van der Waals surface area contributed by atoms with Crippen LogP contribution in [0.5, 0.6) is 0 Å². The van der Waals surface area contributed by atoms with Crippen molar-refractivity contribution in [1.82, 2.24) is 10.2 Å². The maximum absolute atomic E-state index is 13.2. The molecule has 1 amide bonds. The predicted octanol–water partition coefficient (Wildman–Crippen LogP) is 3.22. The summed E-state index contributed by atoms with van der Waals surface area (Å²) in [7, 11) is 0. The van der Waals surface area contributed by atoms with Gasteiger partial charge in [0, 0.05) is 12.6 Å². The Balaban J connectivity index is 1.52. The van der Waals surface area contributed by atoms with Gasteiger partial charge in [-0.25, -0.2) is 0 Å². The molecule has 0 saturated carbocycles. The molecule has 2 aromatic carbocycles. The molecule has 25 heavy (non-hydrogen) atoms. The molecule has 2 aromatic rings. The Labute approximate surface area is 150 Å². The number of hydrogen-bond acceptors (Lipinski definition) is 2. The van der Waals surface area contributed by atoms with Crippen molar-refractivity contribution in [2.24, 2.45) is 5.92 Å². The van der Waals surface area contributed by atoms with E-state index < -0.39 is 0 Å². The summed E-state index contributed by atoms with van der Waals surface area (Å²) in [4.78, 5) is 15.6. The minimum Gasteiger partial charge on any atom is -0.351 e. The molecule has 3 aliphatic heterocycles. The molecule has 2 atom stereocenters. The van der Waals surface area contributed by atoms with Gasteiger partial charge in [0.25, 0.3) is 0 Å². The number of nitrogens with one attached hydrogen (secondary N) is 1. The second kappa shape index (κ2) is 7.40. The zero-order valence-corrected chi connectivity index (χ0v) is 14.6. The highest BCUT2D eigenvalue weighted by Gasteiger charge is 2.36. The topological polar surface area (TPSA) is 32.3 Å². The SMILES string of the molecule is O=C(N[C@H]1CN2CCC1CC2)C(Cc1ccccc1)c1ccccc1. The minimum atomic E-state index is -0.126. The van der Waals surface area contributed by atoms with Crippen LogP contribution in [0.25, 0.3) is 0 Å². The van der Waals surface area contributed by atoms with E-state index in [1.54, 1.807) is 0 Å². The van der Waals surface area contributed by atoms with E-state index in [4.69, 9.17) is 0 Å². The van der Waals surface area contributed by atoms with E-state index in [1.807, 2.05) is 36.4 Å². The van der Waals surface area contributed by atoms with Gasteiger partial charge in [-0.15, -0.1) is 0 Å². The second-order valence-corrected chi connectivity index (χ2v) is 7.41. The quantitative estimate of drug-likeness (QED) is 0.910. The number of nitrogens with zero attached hydrogens (tertiary/aromatic N) is 1. The number of benzene rings is 2. The highest BCUT2D eigenvalue weighted by molar-refractivity contribution is 5.84. The van der Waals surface area contributed by atoms with Crippen molar-refractivity contribution in [3.05, 3.63) is 71.8 Å². The van der Waals surface area contributed by atoms with Crippen LogP contribution < -0.4 is 5.32 Å². The average Bonchev–Trinajstić information content (AvgIpc) is 2.68. The summed E-state index contributed by atoms with van der Waals surface area (Å²) in [5.74, 6) is 0.704. The number of piperidine rings is 3. The molecule has 3 aliphatic rings. The predicted molar refractivity (Wildman–Crippen MR) is 100 cm³/mol. The molecule has 0 aliphatic carbocycles. The molecule has 0 spiro atoms. The molecule has 130 valence electrons. The van der Waals surface area contributed by atoms with Gasteiger partial charge in [0.15, 0.2) is 0 Å². The zero-order chi connectivity index (χ0) is 17.1. The Kier molecular flexibility index (Phi) is 4.84. The molecule has 3 saturated heterocycles. The third-order valence-corrected chi connectivity index (χ3v) is 5.78. The summed E-state index contributed by atoms with van der Waals surface area (Å²) >= 11 is 0. The highest BCUT2D eigenvalue weighted by Crippen LogP contribution is 2.29. The van der Waals surface area contributed by atoms with Crippen LogP contribution >= 0.6 is 0 Å². The van der Waals surface area contributed by atoms with E-state index >= 15 is 0 Å². The van der Waals surface area contributed by atoms with Gasteiger partial charge < -0.3 is 10.2 Å². The van der Waals surface area contributed by atoms with E-state index in [0.717, 1.165) is 18.5 Å². The molecule has 0 aromatic heterocycles. The van der Waals surface area contributed by atoms with Gasteiger partial charge in [0.2, 0.25) is 5.91 Å². The van der Waals surface area contributed by atoms with Gasteiger partial charge in [-0.3, -0.25) is 4.79 Å². The molecule has 1 unspecified atom stereocenters. The van der Waals surface area contributed by atoms with Crippen LogP contribution in [0.1, 0.15) is 29.9 Å². The van der Waals surface area contributed by atoms with Crippen LogP contribution in [0.3, 0.4) is 0 Å². The first-order chi connectivity index (χ1) is 12.3. The molecule has 3 heterocycles. The van der Waals surface area contributed by atoms with Crippen molar-refractivity contribution in [2.75, 3.05) is 19.6 Å². The fourth-order valence-corrected chi connectivity index (χ4v) is 4.31. The van der Waals surface area contributed by atoms with Gasteiger partial charge in [0.1, 0.15) is 0 Å². The van der Waals surface area contributed by atoms with Crippen molar-refractivity contribution in [3.63, 3.8) is 0 Å². The molecular weight excluding hydrogens is 308 g/mol. The van der Waals surface area contributed by atoms with E-state index in [1.165, 1.54) is 31.5 Å². The lowest BCUT2D eigenvalue weighted by Gasteiger charge is -2.45. The summed E-state index contributed by atoms with van der Waals surface area (Å²) in [6.07, 6.45) is 3.19. The monoisotopic (exact) mass is 334 g/mol. The van der Waals surface area contributed by atoms with E-state index in [2.05, 4.69) is 34.5 Å². The average molecular weight is 334 g/mol. The third kappa shape index (κ3) is 3.77. The summed E-state index contributed by atoms with van der Waals surface area (Å²) in [5.41, 5.74) is 2.31. The first kappa shape index (κ1) is 16.3. The first-order valence-corrected chi connectivity index (χ1v) is 9.41. The molecule has 3 nitrogen and oxygen atoms in total. The van der Waals surface area contributed by atoms with Crippen molar-refractivity contribution in [3.8, 4) is 0 Å². The van der Waals surface area contributed by atoms with Crippen LogP contribution in [0, 0.1) is 5.92 Å². The minimum absolute atomic E-state index is 0.126. The molecule has 2 bridgehead atoms. The molecule has 3 heteroatoms. The fourth-order valence-electron chi connectivity index (χ4n) is 4.31. The lowest BCUT2D eigenvalue weighted by molar-refractivity contribution is -0.124. The number of hydrogen-bond donors (Lipinski definition) is 1. The maximum Gasteiger partial charge on any atom is 0.228 e. The number of amides is 1. The van der Waals surface area contributed by atoms with Crippen molar-refractivity contribution < 1.29 is 4.79 Å². The lowest BCUT2D eigenvalue weighted by Crippen LogP contribution is -2.57. The summed E-state index contributed by atoms with van der Waals surface area (Å²) < 4.78 is 0. The number of rotatable bonds is 5. The summed E-state index contributed by atoms with van der Waals surface area (Å²) in [6, 6.07) is 20.8. The van der Waals surface area contributed by atoms with E-state index in [0.29, 0.717) is 12.0 Å². The largest absolute Gasteiger partial charge is 0.351 e. The molecular formula is C22H26N2O. The summed E-state index contributed by atoms with van der Waals surface area (Å²) in [6.45, 7) is 3.41. The number of fused-ring (bicyclic) bond motifs is 3. The molecule has 0 radical (unpaired) electrons. The Morgan fingerprint density at radius 3 is 2.24 bits per heavy atom. The zero-order valence-electron chi connectivity index (χ0n) is 14.6. The van der Waals surface area contributed by atoms with Crippen molar-refractivity contribution in [1.29, 1.82) is 0 Å². The van der Waals surface area contributed by atoms with Gasteiger partial charge in [-0.1, -0.05) is 60.7 Å². The van der Waals surface area contributed by atoms with Crippen LogP contribution in [-0.4, -0.2) is 36.5 Å². The molecule has 5 rings (SSSR count). The molecule has 1 N–H and O–H groups in total. The fraction of sp³-hybridized carbons (Fsp3) is 0.409. The highest BCUT2D eigenvalue weighted by atomic mass is 16.2. The Bertz CT molecular complexity index is 692. The van der Waals surface area contributed by atoms with Crippen LogP contribution in [0.15, 0.2) is 60.7 Å². The van der Waals surface area contributed by atoms with Crippen molar-refractivity contribution >= 4 is 5.91 Å². The van der Waals surface area contributed by atoms with E-state index in [-0.39, 0.29) is 11.8 Å². The molecule has 3 fully saturated rings. The normalized spacial score (nSPS) is 26.2. The van der Waals surface area contributed by atoms with Crippen LogP contribution in [0.2, 0.25) is 0 Å². The summed E-state index contributed by atoms with van der Waals surface area (Å²) in [5, 5.41) is 3.39. The first-order valence-electron chi connectivity index (χ1n) is 9.41. The van der Waals surface area contributed by atoms with Gasteiger partial charge >= 0.3 is 0 Å².